The Morgan fingerprint density at radius 3 is 2.39 bits per heavy atom. The molecular weight excluding hydrogens is 474 g/mol. The van der Waals surface area contributed by atoms with Gasteiger partial charge in [-0.3, -0.25) is 14.6 Å². The summed E-state index contributed by atoms with van der Waals surface area (Å²) >= 11 is 5.97. The van der Waals surface area contributed by atoms with Crippen LogP contribution in [0.15, 0.2) is 54.6 Å². The Morgan fingerprint density at radius 1 is 1.00 bits per heavy atom. The quantitative estimate of drug-likeness (QED) is 0.260. The molecule has 0 saturated carbocycles. The predicted molar refractivity (Wildman–Crippen MR) is 144 cm³/mol. The summed E-state index contributed by atoms with van der Waals surface area (Å²) in [4.78, 5) is 25.6. The van der Waals surface area contributed by atoms with Crippen molar-refractivity contribution >= 4 is 29.1 Å². The number of fused-ring (bicyclic) bond motifs is 1. The van der Waals surface area contributed by atoms with Crippen LogP contribution in [0, 0.1) is 0 Å². The van der Waals surface area contributed by atoms with E-state index in [1.807, 2.05) is 6.07 Å². The van der Waals surface area contributed by atoms with Gasteiger partial charge < -0.3 is 10.5 Å². The summed E-state index contributed by atoms with van der Waals surface area (Å²) in [5.41, 5.74) is 10.3. The van der Waals surface area contributed by atoms with Crippen LogP contribution in [0.2, 0.25) is 0 Å². The third-order valence-electron chi connectivity index (χ3n) is 6.24. The lowest BCUT2D eigenvalue weighted by Gasteiger charge is -2.22. The second-order valence-electron chi connectivity index (χ2n) is 9.11. The molecule has 0 saturated heterocycles. The monoisotopic (exact) mass is 507 g/mol. The van der Waals surface area contributed by atoms with Crippen molar-refractivity contribution in [1.82, 2.24) is 14.9 Å². The highest BCUT2D eigenvalue weighted by Gasteiger charge is 2.32. The highest BCUT2D eigenvalue weighted by atomic mass is 35.5. The number of nitrogen functional groups attached to an aromatic ring is 1. The number of amides is 1. The van der Waals surface area contributed by atoms with Crippen LogP contribution in [0.3, 0.4) is 0 Å². The molecule has 2 heterocycles. The number of alkyl halides is 1. The zero-order chi connectivity index (χ0) is 25.3. The molecule has 0 atom stereocenters. The van der Waals surface area contributed by atoms with Crippen LogP contribution in [0.1, 0.15) is 48.4 Å². The van der Waals surface area contributed by atoms with Crippen molar-refractivity contribution in [3.05, 3.63) is 76.9 Å². The number of carbonyl (C=O) groups excluding carboxylic acids is 1. The van der Waals surface area contributed by atoms with E-state index in [1.54, 1.807) is 4.90 Å². The maximum atomic E-state index is 12.8. The Balaban J connectivity index is 1.43. The number of hydrogen-bond acceptors (Lipinski definition) is 6. The Morgan fingerprint density at radius 2 is 1.69 bits per heavy atom. The summed E-state index contributed by atoms with van der Waals surface area (Å²) in [6, 6.07) is 19.1. The Hall–Kier alpha value is -3.16. The summed E-state index contributed by atoms with van der Waals surface area (Å²) < 4.78 is 5.66. The summed E-state index contributed by atoms with van der Waals surface area (Å²) in [6.07, 6.45) is 3.07. The summed E-state index contributed by atoms with van der Waals surface area (Å²) in [7, 11) is 0. The minimum absolute atomic E-state index is 0.0316. The molecule has 190 valence electrons. The molecule has 0 fully saturated rings. The van der Waals surface area contributed by atoms with E-state index in [-0.39, 0.29) is 18.3 Å². The number of carbonyl (C=O) groups is 1. The molecule has 1 amide bonds. The van der Waals surface area contributed by atoms with Gasteiger partial charge in [0, 0.05) is 24.5 Å². The molecule has 3 aromatic rings. The van der Waals surface area contributed by atoms with Gasteiger partial charge in [-0.1, -0.05) is 67.9 Å². The first kappa shape index (κ1) is 25.9. The van der Waals surface area contributed by atoms with Crippen molar-refractivity contribution < 1.29 is 9.53 Å². The number of hydrogen-bond donors (Lipinski definition) is 1. The normalized spacial score (nSPS) is 12.9. The van der Waals surface area contributed by atoms with Crippen LogP contribution in [-0.2, 0) is 30.8 Å². The van der Waals surface area contributed by atoms with Crippen LogP contribution >= 0.6 is 11.6 Å². The molecule has 1 aromatic heterocycles. The van der Waals surface area contributed by atoms with Crippen molar-refractivity contribution in [1.29, 1.82) is 0 Å². The lowest BCUT2D eigenvalue weighted by molar-refractivity contribution is -0.117. The zero-order valence-corrected chi connectivity index (χ0v) is 21.6. The van der Waals surface area contributed by atoms with Gasteiger partial charge in [-0.05, 0) is 36.1 Å². The number of anilines is 2. The van der Waals surface area contributed by atoms with Gasteiger partial charge in [0.25, 0.3) is 0 Å². The summed E-state index contributed by atoms with van der Waals surface area (Å²) in [5.74, 6) is 1.48. The molecule has 36 heavy (non-hydrogen) atoms. The zero-order valence-electron chi connectivity index (χ0n) is 20.8. The molecule has 1 aliphatic heterocycles. The number of halogens is 1. The number of nitrogens with two attached hydrogens (primary N) is 1. The molecule has 8 heteroatoms. The van der Waals surface area contributed by atoms with E-state index in [9.17, 15) is 4.79 Å². The largest absolute Gasteiger partial charge is 0.463 e. The fourth-order valence-corrected chi connectivity index (χ4v) is 4.41. The van der Waals surface area contributed by atoms with Gasteiger partial charge in [-0.15, -0.1) is 11.6 Å². The van der Waals surface area contributed by atoms with Gasteiger partial charge >= 0.3 is 6.01 Å². The smallest absolute Gasteiger partial charge is 0.320 e. The van der Waals surface area contributed by atoms with Crippen LogP contribution in [0.5, 0.6) is 6.01 Å². The fraction of sp³-hybridized carbons (Fsp3) is 0.393. The van der Waals surface area contributed by atoms with E-state index in [0.29, 0.717) is 36.2 Å². The van der Waals surface area contributed by atoms with Crippen molar-refractivity contribution in [3.63, 3.8) is 0 Å². The van der Waals surface area contributed by atoms with Crippen LogP contribution < -0.4 is 15.4 Å². The van der Waals surface area contributed by atoms with Crippen molar-refractivity contribution in [2.45, 2.75) is 52.2 Å². The van der Waals surface area contributed by atoms with E-state index in [4.69, 9.17) is 22.1 Å². The van der Waals surface area contributed by atoms with E-state index in [2.05, 4.69) is 70.3 Å². The van der Waals surface area contributed by atoms with Gasteiger partial charge in [0.2, 0.25) is 5.91 Å². The third kappa shape index (κ3) is 6.74. The molecule has 0 aliphatic carbocycles. The van der Waals surface area contributed by atoms with E-state index >= 15 is 0 Å². The second kappa shape index (κ2) is 12.7. The standard InChI is InChI=1S/C28H34ClN5O2/c1-2-3-16-36-28-31-26(30)24-17-25(35)34(27(24)32-28)20-23-12-10-22(11-13-23)19-33(15-7-14-29)18-21-8-5-4-6-9-21/h4-6,8-13H,2-3,7,14-20H2,1H3,(H2,30,31,32). The van der Waals surface area contributed by atoms with Gasteiger partial charge in [-0.2, -0.15) is 9.97 Å². The first-order chi connectivity index (χ1) is 17.6. The first-order valence-corrected chi connectivity index (χ1v) is 13.1. The minimum Gasteiger partial charge on any atom is -0.463 e. The molecule has 7 nitrogen and oxygen atoms in total. The number of aromatic nitrogens is 2. The summed E-state index contributed by atoms with van der Waals surface area (Å²) in [6.45, 7) is 5.69. The minimum atomic E-state index is -0.0316. The number of benzene rings is 2. The highest BCUT2D eigenvalue weighted by Crippen LogP contribution is 2.33. The van der Waals surface area contributed by atoms with Crippen molar-refractivity contribution in [2.75, 3.05) is 29.7 Å². The average Bonchev–Trinajstić information content (AvgIpc) is 3.20. The van der Waals surface area contributed by atoms with Crippen LogP contribution in [-0.4, -0.2) is 39.8 Å². The molecule has 0 unspecified atom stereocenters. The van der Waals surface area contributed by atoms with E-state index in [1.165, 1.54) is 11.1 Å². The van der Waals surface area contributed by atoms with Crippen LogP contribution in [0.25, 0.3) is 0 Å². The molecule has 4 rings (SSSR count). The Bertz CT molecular complexity index is 1140. The first-order valence-electron chi connectivity index (χ1n) is 12.6. The molecule has 0 spiro atoms. The topological polar surface area (TPSA) is 84.6 Å². The number of ether oxygens (including phenoxy) is 1. The Kier molecular flexibility index (Phi) is 9.14. The SMILES string of the molecule is CCCCOc1nc(N)c2c(n1)N(Cc1ccc(CN(CCCCl)Cc3ccccc3)cc1)C(=O)C2. The summed E-state index contributed by atoms with van der Waals surface area (Å²) in [5, 5.41) is 0. The molecule has 2 aromatic carbocycles. The number of unbranched alkanes of at least 4 members (excludes halogenated alkanes) is 1. The highest BCUT2D eigenvalue weighted by molar-refractivity contribution is 6.17. The average molecular weight is 508 g/mol. The lowest BCUT2D eigenvalue weighted by atomic mass is 10.1. The van der Waals surface area contributed by atoms with Gasteiger partial charge in [0.15, 0.2) is 0 Å². The molecule has 0 bridgehead atoms. The van der Waals surface area contributed by atoms with Gasteiger partial charge in [0.1, 0.15) is 11.6 Å². The lowest BCUT2D eigenvalue weighted by Crippen LogP contribution is -2.27. The third-order valence-corrected chi connectivity index (χ3v) is 6.50. The molecule has 0 radical (unpaired) electrons. The molecular formula is C28H34ClN5O2. The Labute approximate surface area is 218 Å². The number of nitrogens with zero attached hydrogens (tertiary/aromatic N) is 4. The predicted octanol–water partition coefficient (Wildman–Crippen LogP) is 4.96. The van der Waals surface area contributed by atoms with Crippen LogP contribution in [0.4, 0.5) is 11.6 Å². The van der Waals surface area contributed by atoms with E-state index in [0.717, 1.165) is 44.5 Å². The fourth-order valence-electron chi connectivity index (χ4n) is 4.29. The maximum Gasteiger partial charge on any atom is 0.320 e. The van der Waals surface area contributed by atoms with Crippen molar-refractivity contribution in [2.24, 2.45) is 0 Å². The maximum absolute atomic E-state index is 12.8. The molecule has 1 aliphatic rings. The van der Waals surface area contributed by atoms with E-state index < -0.39 is 0 Å². The molecule has 2 N–H and O–H groups in total. The van der Waals surface area contributed by atoms with Gasteiger partial charge in [0.05, 0.1) is 19.6 Å². The van der Waals surface area contributed by atoms with Gasteiger partial charge in [-0.25, -0.2) is 0 Å². The number of rotatable bonds is 13. The second-order valence-corrected chi connectivity index (χ2v) is 9.49. The van der Waals surface area contributed by atoms with Crippen molar-refractivity contribution in [3.8, 4) is 6.01 Å².